The van der Waals surface area contributed by atoms with Crippen LogP contribution in [0.15, 0.2) is 78.0 Å². The van der Waals surface area contributed by atoms with Crippen molar-refractivity contribution in [1.29, 1.82) is 0 Å². The molecule has 27 heavy (non-hydrogen) atoms. The van der Waals surface area contributed by atoms with Crippen molar-refractivity contribution in [2.75, 3.05) is 0 Å². The molecule has 0 saturated heterocycles. The van der Waals surface area contributed by atoms with Gasteiger partial charge in [-0.1, -0.05) is 93.2 Å². The predicted octanol–water partition coefficient (Wildman–Crippen LogP) is 7.56. The molecule has 0 spiro atoms. The van der Waals surface area contributed by atoms with E-state index in [1.807, 2.05) is 0 Å². The summed E-state index contributed by atoms with van der Waals surface area (Å²) in [5.41, 5.74) is 8.61. The number of hydrogen-bond acceptors (Lipinski definition) is 0. The first kappa shape index (κ1) is 19.7. The van der Waals surface area contributed by atoms with Crippen LogP contribution in [0.2, 0.25) is 0 Å². The molecule has 0 unspecified atom stereocenters. The van der Waals surface area contributed by atoms with E-state index in [0.717, 1.165) is 18.4 Å². The highest BCUT2D eigenvalue weighted by atomic mass is 14.5. The van der Waals surface area contributed by atoms with Gasteiger partial charge in [0.2, 0.25) is 0 Å². The zero-order valence-corrected chi connectivity index (χ0v) is 17.7. The van der Waals surface area contributed by atoms with Crippen LogP contribution in [0.3, 0.4) is 0 Å². The Balaban J connectivity index is 1.86. The number of aryl methyl sites for hydroxylation is 1. The minimum Gasteiger partial charge on any atom is -0.0955 e. The molecule has 0 amide bonds. The average molecular weight is 359 g/mol. The summed E-state index contributed by atoms with van der Waals surface area (Å²) in [5, 5.41) is 0. The monoisotopic (exact) mass is 358 g/mol. The molecule has 0 heterocycles. The average Bonchev–Trinajstić information content (AvgIpc) is 3.12. The summed E-state index contributed by atoms with van der Waals surface area (Å²) >= 11 is 0. The summed E-state index contributed by atoms with van der Waals surface area (Å²) in [6.45, 7) is 16.1. The van der Waals surface area contributed by atoms with E-state index in [4.69, 9.17) is 0 Å². The summed E-state index contributed by atoms with van der Waals surface area (Å²) in [7, 11) is 0. The first-order valence-electron chi connectivity index (χ1n) is 10.2. The van der Waals surface area contributed by atoms with Crippen molar-refractivity contribution in [3.63, 3.8) is 0 Å². The van der Waals surface area contributed by atoms with E-state index in [0.29, 0.717) is 0 Å². The van der Waals surface area contributed by atoms with E-state index in [9.17, 15) is 0 Å². The van der Waals surface area contributed by atoms with Gasteiger partial charge in [-0.05, 0) is 67.2 Å². The van der Waals surface area contributed by atoms with Crippen molar-refractivity contribution in [1.82, 2.24) is 0 Å². The fourth-order valence-electron chi connectivity index (χ4n) is 4.44. The molecule has 0 heteroatoms. The van der Waals surface area contributed by atoms with Crippen molar-refractivity contribution in [2.24, 2.45) is 5.41 Å². The van der Waals surface area contributed by atoms with Gasteiger partial charge in [0.1, 0.15) is 0 Å². The number of allylic oxidation sites excluding steroid dienone is 9. The minimum atomic E-state index is 0.0763. The van der Waals surface area contributed by atoms with E-state index < -0.39 is 0 Å². The molecule has 0 radical (unpaired) electrons. The van der Waals surface area contributed by atoms with Gasteiger partial charge in [0, 0.05) is 5.41 Å². The Hall–Kier alpha value is -2.08. The predicted molar refractivity (Wildman–Crippen MR) is 119 cm³/mol. The van der Waals surface area contributed by atoms with E-state index in [1.54, 1.807) is 0 Å². The van der Waals surface area contributed by atoms with E-state index in [2.05, 4.69) is 95.9 Å². The third-order valence-corrected chi connectivity index (χ3v) is 6.71. The molecular weight excluding hydrogens is 324 g/mol. The maximum absolute atomic E-state index is 4.29. The van der Waals surface area contributed by atoms with Crippen LogP contribution in [0.5, 0.6) is 0 Å². The highest BCUT2D eigenvalue weighted by molar-refractivity contribution is 5.45. The standard InChI is InChI=1S/C27H34/c1-20(11-13-23-9-7-8-10-23)17-24-14-12-22(3)25(18-24)27(6)19-21(2)15-16-26(27,4)5/h7-9,11-14,18-19H,1,10,15-17H2,2-6H3/b13-11+/t27-/m1/s1. The van der Waals surface area contributed by atoms with Crippen molar-refractivity contribution in [3.8, 4) is 0 Å². The van der Waals surface area contributed by atoms with Crippen LogP contribution in [0.4, 0.5) is 0 Å². The maximum atomic E-state index is 4.29. The lowest BCUT2D eigenvalue weighted by molar-refractivity contribution is 0.194. The zero-order valence-electron chi connectivity index (χ0n) is 17.7. The van der Waals surface area contributed by atoms with Gasteiger partial charge in [0.25, 0.3) is 0 Å². The highest BCUT2D eigenvalue weighted by Crippen LogP contribution is 2.51. The van der Waals surface area contributed by atoms with Crippen LogP contribution < -0.4 is 0 Å². The van der Waals surface area contributed by atoms with Crippen LogP contribution in [-0.2, 0) is 11.8 Å². The van der Waals surface area contributed by atoms with Crippen LogP contribution in [-0.4, -0.2) is 0 Å². The first-order chi connectivity index (χ1) is 12.7. The Bertz CT molecular complexity index is 854. The topological polar surface area (TPSA) is 0 Å². The lowest BCUT2D eigenvalue weighted by Crippen LogP contribution is -2.40. The van der Waals surface area contributed by atoms with E-state index in [-0.39, 0.29) is 10.8 Å². The minimum absolute atomic E-state index is 0.0763. The van der Waals surface area contributed by atoms with E-state index >= 15 is 0 Å². The molecule has 0 saturated carbocycles. The molecule has 1 aromatic carbocycles. The third kappa shape index (κ3) is 4.10. The van der Waals surface area contributed by atoms with Gasteiger partial charge in [-0.2, -0.15) is 0 Å². The van der Waals surface area contributed by atoms with E-state index in [1.165, 1.54) is 40.7 Å². The molecule has 2 aliphatic carbocycles. The van der Waals surface area contributed by atoms with Crippen molar-refractivity contribution >= 4 is 0 Å². The number of benzene rings is 1. The molecule has 0 fully saturated rings. The van der Waals surface area contributed by atoms with Crippen LogP contribution in [0, 0.1) is 12.3 Å². The maximum Gasteiger partial charge on any atom is 0.0160 e. The van der Waals surface area contributed by atoms with Crippen molar-refractivity contribution in [2.45, 2.75) is 65.7 Å². The lowest BCUT2D eigenvalue weighted by Gasteiger charge is -2.47. The Morgan fingerprint density at radius 2 is 1.96 bits per heavy atom. The Morgan fingerprint density at radius 1 is 1.19 bits per heavy atom. The normalized spacial score (nSPS) is 24.2. The molecule has 2 aliphatic rings. The van der Waals surface area contributed by atoms with Crippen LogP contribution in [0.1, 0.15) is 63.6 Å². The van der Waals surface area contributed by atoms with Gasteiger partial charge >= 0.3 is 0 Å². The molecule has 0 aromatic heterocycles. The summed E-state index contributed by atoms with van der Waals surface area (Å²) in [4.78, 5) is 0. The number of hydrogen-bond donors (Lipinski definition) is 0. The molecule has 3 rings (SSSR count). The summed E-state index contributed by atoms with van der Waals surface area (Å²) < 4.78 is 0. The van der Waals surface area contributed by atoms with Gasteiger partial charge in [-0.25, -0.2) is 0 Å². The molecule has 0 nitrogen and oxygen atoms in total. The van der Waals surface area contributed by atoms with Gasteiger partial charge < -0.3 is 0 Å². The second-order valence-electron chi connectivity index (χ2n) is 9.27. The van der Waals surface area contributed by atoms with Crippen LogP contribution >= 0.6 is 0 Å². The lowest BCUT2D eigenvalue weighted by atomic mass is 9.57. The smallest absolute Gasteiger partial charge is 0.0160 e. The largest absolute Gasteiger partial charge is 0.0955 e. The second kappa shape index (κ2) is 7.50. The summed E-state index contributed by atoms with van der Waals surface area (Å²) in [6, 6.07) is 7.00. The van der Waals surface area contributed by atoms with Crippen LogP contribution in [0.25, 0.3) is 0 Å². The third-order valence-electron chi connectivity index (χ3n) is 6.71. The molecule has 0 N–H and O–H groups in total. The zero-order chi connectivity index (χ0) is 19.7. The van der Waals surface area contributed by atoms with Gasteiger partial charge in [0.05, 0.1) is 0 Å². The number of rotatable bonds is 5. The Morgan fingerprint density at radius 3 is 2.67 bits per heavy atom. The van der Waals surface area contributed by atoms with Crippen molar-refractivity contribution in [3.05, 3.63) is 94.6 Å². The first-order valence-corrected chi connectivity index (χ1v) is 10.2. The molecule has 0 aliphatic heterocycles. The Labute approximate surface area is 166 Å². The quantitative estimate of drug-likeness (QED) is 0.376. The fraction of sp³-hybridized carbons (Fsp3) is 0.407. The van der Waals surface area contributed by atoms with Gasteiger partial charge in [0.15, 0.2) is 0 Å². The second-order valence-corrected chi connectivity index (χ2v) is 9.27. The molecule has 1 aromatic rings. The van der Waals surface area contributed by atoms with Gasteiger partial charge in [-0.15, -0.1) is 0 Å². The summed E-state index contributed by atoms with van der Waals surface area (Å²) in [5.74, 6) is 0. The van der Waals surface area contributed by atoms with Crippen molar-refractivity contribution < 1.29 is 0 Å². The fourth-order valence-corrected chi connectivity index (χ4v) is 4.44. The molecule has 142 valence electrons. The Kier molecular flexibility index (Phi) is 5.47. The molecule has 0 bridgehead atoms. The molecular formula is C27H34. The van der Waals surface area contributed by atoms with Gasteiger partial charge in [-0.3, -0.25) is 0 Å². The SMILES string of the molecule is C=C(/C=C/C1=CC=CC1)Cc1ccc(C)c([C@@]2(C)C=C(C)CCC2(C)C)c1. The molecule has 1 atom stereocenters. The highest BCUT2D eigenvalue weighted by Gasteiger charge is 2.43. The summed E-state index contributed by atoms with van der Waals surface area (Å²) in [6.07, 6.45) is 17.8.